The molecule has 0 radical (unpaired) electrons. The van der Waals surface area contributed by atoms with Crippen LogP contribution in [0.2, 0.25) is 0 Å². The molecule has 1 atom stereocenters. The Morgan fingerprint density at radius 3 is 2.64 bits per heavy atom. The van der Waals surface area contributed by atoms with Crippen LogP contribution in [0.3, 0.4) is 0 Å². The van der Waals surface area contributed by atoms with Crippen LogP contribution in [0.5, 0.6) is 0 Å². The molecule has 1 aliphatic rings. The molecule has 1 fully saturated rings. The van der Waals surface area contributed by atoms with E-state index in [4.69, 9.17) is 0 Å². The molecular formula is C22H31FN4O. The Morgan fingerprint density at radius 1 is 1.25 bits per heavy atom. The Hall–Kier alpha value is -2.21. The van der Waals surface area contributed by atoms with E-state index in [1.54, 1.807) is 0 Å². The van der Waals surface area contributed by atoms with Crippen LogP contribution < -0.4 is 0 Å². The van der Waals surface area contributed by atoms with Gasteiger partial charge >= 0.3 is 0 Å². The minimum Gasteiger partial charge on any atom is -0.341 e. The highest BCUT2D eigenvalue weighted by Crippen LogP contribution is 2.20. The zero-order chi connectivity index (χ0) is 20.1. The summed E-state index contributed by atoms with van der Waals surface area (Å²) in [4.78, 5) is 17.3. The zero-order valence-electron chi connectivity index (χ0n) is 17.1. The molecule has 2 aromatic rings. The SMILES string of the molecule is Cc1cnn(CCC(=O)N2CCCN(Cc3ccc(F)cc3)C(C(C)C)C2)c1. The van der Waals surface area contributed by atoms with Gasteiger partial charge in [-0.1, -0.05) is 26.0 Å². The van der Waals surface area contributed by atoms with Gasteiger partial charge in [0.25, 0.3) is 0 Å². The normalized spacial score (nSPS) is 18.5. The summed E-state index contributed by atoms with van der Waals surface area (Å²) in [6.07, 6.45) is 5.22. The van der Waals surface area contributed by atoms with Crippen LogP contribution in [-0.2, 0) is 17.9 Å². The lowest BCUT2D eigenvalue weighted by molar-refractivity contribution is -0.132. The Kier molecular flexibility index (Phi) is 6.83. The second-order valence-corrected chi connectivity index (χ2v) is 8.13. The average molecular weight is 387 g/mol. The molecule has 1 aromatic heterocycles. The van der Waals surface area contributed by atoms with Gasteiger partial charge in [-0.2, -0.15) is 5.10 Å². The van der Waals surface area contributed by atoms with Gasteiger partial charge in [0.1, 0.15) is 5.82 Å². The second kappa shape index (κ2) is 9.32. The van der Waals surface area contributed by atoms with E-state index in [0.717, 1.165) is 43.7 Å². The van der Waals surface area contributed by atoms with Crippen molar-refractivity contribution in [2.75, 3.05) is 19.6 Å². The largest absolute Gasteiger partial charge is 0.341 e. The van der Waals surface area contributed by atoms with Crippen molar-refractivity contribution < 1.29 is 9.18 Å². The predicted molar refractivity (Wildman–Crippen MR) is 108 cm³/mol. The van der Waals surface area contributed by atoms with E-state index in [-0.39, 0.29) is 11.7 Å². The third-order valence-corrected chi connectivity index (χ3v) is 5.49. The van der Waals surface area contributed by atoms with E-state index >= 15 is 0 Å². The molecule has 1 aliphatic heterocycles. The first-order valence-corrected chi connectivity index (χ1v) is 10.2. The molecule has 1 unspecified atom stereocenters. The highest BCUT2D eigenvalue weighted by atomic mass is 19.1. The summed E-state index contributed by atoms with van der Waals surface area (Å²) in [7, 11) is 0. The van der Waals surface area contributed by atoms with Crippen molar-refractivity contribution in [3.8, 4) is 0 Å². The number of rotatable bonds is 6. The first kappa shape index (κ1) is 20.5. The monoisotopic (exact) mass is 386 g/mol. The number of carbonyl (C=O) groups is 1. The summed E-state index contributed by atoms with van der Waals surface area (Å²) in [6, 6.07) is 7.04. The molecule has 0 bridgehead atoms. The van der Waals surface area contributed by atoms with Crippen LogP contribution in [0, 0.1) is 18.7 Å². The number of hydrogen-bond acceptors (Lipinski definition) is 3. The van der Waals surface area contributed by atoms with Crippen molar-refractivity contribution in [2.45, 2.75) is 52.7 Å². The van der Waals surface area contributed by atoms with Crippen LogP contribution in [0.25, 0.3) is 0 Å². The average Bonchev–Trinajstić information content (AvgIpc) is 2.96. The molecule has 152 valence electrons. The molecule has 0 aliphatic carbocycles. The highest BCUT2D eigenvalue weighted by molar-refractivity contribution is 5.76. The Labute approximate surface area is 167 Å². The Balaban J connectivity index is 1.62. The van der Waals surface area contributed by atoms with E-state index in [1.165, 1.54) is 12.1 Å². The number of aryl methyl sites for hydroxylation is 2. The predicted octanol–water partition coefficient (Wildman–Crippen LogP) is 3.48. The van der Waals surface area contributed by atoms with Crippen molar-refractivity contribution in [2.24, 2.45) is 5.92 Å². The Bertz CT molecular complexity index is 771. The summed E-state index contributed by atoms with van der Waals surface area (Å²) in [5.74, 6) is 0.425. The van der Waals surface area contributed by atoms with Crippen molar-refractivity contribution in [3.63, 3.8) is 0 Å². The number of hydrogen-bond donors (Lipinski definition) is 0. The number of nitrogens with zero attached hydrogens (tertiary/aromatic N) is 4. The Morgan fingerprint density at radius 2 is 2.00 bits per heavy atom. The number of benzene rings is 1. The summed E-state index contributed by atoms with van der Waals surface area (Å²) in [5.41, 5.74) is 2.22. The first-order valence-electron chi connectivity index (χ1n) is 10.2. The highest BCUT2D eigenvalue weighted by Gasteiger charge is 2.29. The minimum atomic E-state index is -0.204. The van der Waals surface area contributed by atoms with Gasteiger partial charge in [0, 0.05) is 51.4 Å². The maximum absolute atomic E-state index is 13.2. The third kappa shape index (κ3) is 5.41. The molecule has 5 nitrogen and oxygen atoms in total. The summed E-state index contributed by atoms with van der Waals surface area (Å²) < 4.78 is 15.0. The molecule has 28 heavy (non-hydrogen) atoms. The van der Waals surface area contributed by atoms with Gasteiger partial charge < -0.3 is 4.90 Å². The minimum absolute atomic E-state index is 0.197. The molecule has 0 spiro atoms. The fourth-order valence-electron chi connectivity index (χ4n) is 3.90. The fourth-order valence-corrected chi connectivity index (χ4v) is 3.90. The number of halogens is 1. The molecule has 3 rings (SSSR count). The summed E-state index contributed by atoms with van der Waals surface area (Å²) >= 11 is 0. The van der Waals surface area contributed by atoms with E-state index in [1.807, 2.05) is 41.0 Å². The van der Waals surface area contributed by atoms with Gasteiger partial charge in [0.2, 0.25) is 5.91 Å². The van der Waals surface area contributed by atoms with Gasteiger partial charge in [-0.15, -0.1) is 0 Å². The summed E-state index contributed by atoms with van der Waals surface area (Å²) in [6.45, 7) is 10.3. The van der Waals surface area contributed by atoms with E-state index in [0.29, 0.717) is 24.9 Å². The smallest absolute Gasteiger partial charge is 0.224 e. The lowest BCUT2D eigenvalue weighted by atomic mass is 10.0. The third-order valence-electron chi connectivity index (χ3n) is 5.49. The van der Waals surface area contributed by atoms with Gasteiger partial charge in [0.15, 0.2) is 0 Å². The van der Waals surface area contributed by atoms with Gasteiger partial charge in [0.05, 0.1) is 6.20 Å². The lowest BCUT2D eigenvalue weighted by Crippen LogP contribution is -2.45. The maximum Gasteiger partial charge on any atom is 0.224 e. The molecule has 1 aromatic carbocycles. The van der Waals surface area contributed by atoms with Gasteiger partial charge in [-0.3, -0.25) is 14.4 Å². The quantitative estimate of drug-likeness (QED) is 0.763. The lowest BCUT2D eigenvalue weighted by Gasteiger charge is -2.34. The molecule has 0 saturated carbocycles. The van der Waals surface area contributed by atoms with E-state index < -0.39 is 0 Å². The molecular weight excluding hydrogens is 355 g/mol. The van der Waals surface area contributed by atoms with Crippen molar-refractivity contribution >= 4 is 5.91 Å². The van der Waals surface area contributed by atoms with Gasteiger partial charge in [-0.25, -0.2) is 4.39 Å². The maximum atomic E-state index is 13.2. The number of aromatic nitrogens is 2. The molecule has 1 saturated heterocycles. The van der Waals surface area contributed by atoms with Crippen LogP contribution >= 0.6 is 0 Å². The summed E-state index contributed by atoms with van der Waals surface area (Å²) in [5, 5.41) is 4.27. The number of amides is 1. The topological polar surface area (TPSA) is 41.4 Å². The molecule has 6 heteroatoms. The number of carbonyl (C=O) groups excluding carboxylic acids is 1. The standard InChI is InChI=1S/C22H31FN4O/c1-17(2)21-16-26(22(28)9-12-27-14-18(3)13-24-27)11-4-10-25(21)15-19-5-7-20(23)8-6-19/h5-8,13-14,17,21H,4,9-12,15-16H2,1-3H3. The van der Waals surface area contributed by atoms with Crippen LogP contribution in [0.1, 0.15) is 37.8 Å². The second-order valence-electron chi connectivity index (χ2n) is 8.13. The molecule has 0 N–H and O–H groups in total. The van der Waals surface area contributed by atoms with Crippen LogP contribution in [0.15, 0.2) is 36.7 Å². The van der Waals surface area contributed by atoms with Crippen molar-refractivity contribution in [3.05, 3.63) is 53.6 Å². The van der Waals surface area contributed by atoms with E-state index in [9.17, 15) is 9.18 Å². The van der Waals surface area contributed by atoms with Crippen LogP contribution in [-0.4, -0.2) is 51.2 Å². The van der Waals surface area contributed by atoms with Crippen LogP contribution in [0.4, 0.5) is 4.39 Å². The molecule has 2 heterocycles. The van der Waals surface area contributed by atoms with E-state index in [2.05, 4.69) is 23.8 Å². The molecule has 1 amide bonds. The first-order chi connectivity index (χ1) is 13.4. The fraction of sp³-hybridized carbons (Fsp3) is 0.545. The van der Waals surface area contributed by atoms with Crippen molar-refractivity contribution in [1.29, 1.82) is 0 Å². The van der Waals surface area contributed by atoms with Gasteiger partial charge in [-0.05, 0) is 42.5 Å². The zero-order valence-corrected chi connectivity index (χ0v) is 17.1. The van der Waals surface area contributed by atoms with Crippen molar-refractivity contribution in [1.82, 2.24) is 19.6 Å².